The number of rotatable bonds is 9. The summed E-state index contributed by atoms with van der Waals surface area (Å²) in [5.41, 5.74) is 3.83. The summed E-state index contributed by atoms with van der Waals surface area (Å²) in [4.78, 5) is 28.4. The van der Waals surface area contributed by atoms with Crippen LogP contribution in [0.5, 0.6) is 0 Å². The van der Waals surface area contributed by atoms with Crippen molar-refractivity contribution in [2.45, 2.75) is 33.7 Å². The number of nitrogens with zero attached hydrogens (tertiary/aromatic N) is 2. The van der Waals surface area contributed by atoms with Gasteiger partial charge in [-0.05, 0) is 62.7 Å². The van der Waals surface area contributed by atoms with Gasteiger partial charge in [-0.1, -0.05) is 31.2 Å². The third-order valence-corrected chi connectivity index (χ3v) is 4.76. The predicted molar refractivity (Wildman–Crippen MR) is 114 cm³/mol. The van der Waals surface area contributed by atoms with Gasteiger partial charge in [0.05, 0.1) is 6.54 Å². The molecule has 0 aliphatic heterocycles. The van der Waals surface area contributed by atoms with Crippen LogP contribution in [0.3, 0.4) is 0 Å². The molecule has 0 unspecified atom stereocenters. The molecule has 0 saturated heterocycles. The van der Waals surface area contributed by atoms with Crippen molar-refractivity contribution >= 4 is 17.5 Å². The highest BCUT2D eigenvalue weighted by molar-refractivity contribution is 5.96. The topological polar surface area (TPSA) is 52.7 Å². The number of amides is 2. The Morgan fingerprint density at radius 1 is 0.857 bits per heavy atom. The first kappa shape index (κ1) is 21.6. The largest absolute Gasteiger partial charge is 0.339 e. The molecule has 1 N–H and O–H groups in total. The van der Waals surface area contributed by atoms with E-state index >= 15 is 0 Å². The van der Waals surface area contributed by atoms with Crippen LogP contribution >= 0.6 is 0 Å². The maximum Gasteiger partial charge on any atom is 0.253 e. The molecule has 0 aliphatic carbocycles. The number of nitrogens with one attached hydrogen (secondary N) is 1. The van der Waals surface area contributed by atoms with Gasteiger partial charge < -0.3 is 10.2 Å². The zero-order valence-electron chi connectivity index (χ0n) is 17.4. The van der Waals surface area contributed by atoms with E-state index < -0.39 is 0 Å². The number of hydrogen-bond donors (Lipinski definition) is 1. The van der Waals surface area contributed by atoms with Crippen LogP contribution in [0.4, 0.5) is 5.69 Å². The van der Waals surface area contributed by atoms with Gasteiger partial charge >= 0.3 is 0 Å². The number of benzene rings is 2. The van der Waals surface area contributed by atoms with E-state index in [-0.39, 0.29) is 11.8 Å². The first-order valence-corrected chi connectivity index (χ1v) is 9.92. The number of carbonyl (C=O) groups excluding carboxylic acids is 2. The molecule has 5 heteroatoms. The number of carbonyl (C=O) groups is 2. The highest BCUT2D eigenvalue weighted by atomic mass is 16.2. The van der Waals surface area contributed by atoms with Gasteiger partial charge in [-0.25, -0.2) is 0 Å². The number of aryl methyl sites for hydroxylation is 1. The lowest BCUT2D eigenvalue weighted by molar-refractivity contribution is -0.117. The summed E-state index contributed by atoms with van der Waals surface area (Å²) in [5, 5.41) is 2.89. The van der Waals surface area contributed by atoms with Crippen LogP contribution in [0.15, 0.2) is 48.5 Å². The smallest absolute Gasteiger partial charge is 0.253 e. The minimum atomic E-state index is -0.0736. The molecular weight excluding hydrogens is 350 g/mol. The Labute approximate surface area is 168 Å². The van der Waals surface area contributed by atoms with Crippen LogP contribution in [0.2, 0.25) is 0 Å². The average molecular weight is 382 g/mol. The standard InChI is InChI=1S/C23H31N3O2/c1-5-18-8-10-19(11-9-18)16-25(4)17-22(27)24-21-14-12-20(13-15-21)23(28)26(6-2)7-3/h8-15H,5-7,16-17H2,1-4H3,(H,24,27). The Morgan fingerprint density at radius 3 is 1.96 bits per heavy atom. The molecule has 2 rings (SSSR count). The second kappa shape index (κ2) is 10.6. The van der Waals surface area contributed by atoms with Crippen molar-refractivity contribution in [3.8, 4) is 0 Å². The first-order chi connectivity index (χ1) is 13.5. The Kier molecular flexibility index (Phi) is 8.20. The molecule has 0 radical (unpaired) electrons. The van der Waals surface area contributed by atoms with Crippen LogP contribution in [-0.2, 0) is 17.8 Å². The lowest BCUT2D eigenvalue weighted by Gasteiger charge is -2.19. The fourth-order valence-corrected chi connectivity index (χ4v) is 3.08. The summed E-state index contributed by atoms with van der Waals surface area (Å²) in [5.74, 6) is -0.0628. The van der Waals surface area contributed by atoms with Crippen molar-refractivity contribution in [3.05, 3.63) is 65.2 Å². The van der Waals surface area contributed by atoms with Crippen molar-refractivity contribution in [1.82, 2.24) is 9.80 Å². The van der Waals surface area contributed by atoms with Crippen molar-refractivity contribution in [1.29, 1.82) is 0 Å². The molecule has 2 aromatic rings. The van der Waals surface area contributed by atoms with Crippen LogP contribution in [0.1, 0.15) is 42.3 Å². The van der Waals surface area contributed by atoms with E-state index in [1.807, 2.05) is 25.8 Å². The van der Waals surface area contributed by atoms with Gasteiger partial charge in [0.2, 0.25) is 5.91 Å². The van der Waals surface area contributed by atoms with Crippen LogP contribution in [-0.4, -0.2) is 48.3 Å². The molecule has 5 nitrogen and oxygen atoms in total. The zero-order chi connectivity index (χ0) is 20.5. The minimum absolute atomic E-state index is 0.0108. The second-order valence-corrected chi connectivity index (χ2v) is 6.95. The van der Waals surface area contributed by atoms with Gasteiger partial charge in [0.15, 0.2) is 0 Å². The molecule has 2 aromatic carbocycles. The van der Waals surface area contributed by atoms with Crippen molar-refractivity contribution in [2.75, 3.05) is 32.0 Å². The molecular formula is C23H31N3O2. The van der Waals surface area contributed by atoms with Gasteiger partial charge in [-0.2, -0.15) is 0 Å². The van der Waals surface area contributed by atoms with E-state index in [9.17, 15) is 9.59 Å². The van der Waals surface area contributed by atoms with Gasteiger partial charge in [0.25, 0.3) is 5.91 Å². The summed E-state index contributed by atoms with van der Waals surface area (Å²) in [6, 6.07) is 15.5. The van der Waals surface area contributed by atoms with Crippen LogP contribution in [0.25, 0.3) is 0 Å². The van der Waals surface area contributed by atoms with Crippen molar-refractivity contribution < 1.29 is 9.59 Å². The molecule has 0 spiro atoms. The fourth-order valence-electron chi connectivity index (χ4n) is 3.08. The SMILES string of the molecule is CCc1ccc(CN(C)CC(=O)Nc2ccc(C(=O)N(CC)CC)cc2)cc1. The Morgan fingerprint density at radius 2 is 1.43 bits per heavy atom. The third-order valence-electron chi connectivity index (χ3n) is 4.76. The quantitative estimate of drug-likeness (QED) is 0.719. The molecule has 28 heavy (non-hydrogen) atoms. The Balaban J connectivity index is 1.87. The second-order valence-electron chi connectivity index (χ2n) is 6.95. The molecule has 0 aliphatic rings. The first-order valence-electron chi connectivity index (χ1n) is 9.92. The van der Waals surface area contributed by atoms with Crippen molar-refractivity contribution in [2.24, 2.45) is 0 Å². The highest BCUT2D eigenvalue weighted by Gasteiger charge is 2.13. The van der Waals surface area contributed by atoms with Crippen LogP contribution < -0.4 is 5.32 Å². The monoisotopic (exact) mass is 381 g/mol. The van der Waals surface area contributed by atoms with Gasteiger partial charge in [0, 0.05) is 30.9 Å². The number of anilines is 1. The minimum Gasteiger partial charge on any atom is -0.339 e. The zero-order valence-corrected chi connectivity index (χ0v) is 17.4. The molecule has 0 aromatic heterocycles. The fraction of sp³-hybridized carbons (Fsp3) is 0.391. The normalized spacial score (nSPS) is 10.8. The molecule has 0 saturated carbocycles. The van der Waals surface area contributed by atoms with E-state index in [1.165, 1.54) is 11.1 Å². The van der Waals surface area contributed by atoms with Crippen molar-refractivity contribution in [3.63, 3.8) is 0 Å². The van der Waals surface area contributed by atoms with E-state index in [2.05, 4.69) is 36.5 Å². The maximum absolute atomic E-state index is 12.3. The van der Waals surface area contributed by atoms with Gasteiger partial charge in [-0.3, -0.25) is 14.5 Å². The summed E-state index contributed by atoms with van der Waals surface area (Å²) in [6.45, 7) is 8.44. The molecule has 0 atom stereocenters. The molecule has 2 amide bonds. The van der Waals surface area contributed by atoms with E-state index in [0.717, 1.165) is 6.42 Å². The lowest BCUT2D eigenvalue weighted by Crippen LogP contribution is -2.30. The van der Waals surface area contributed by atoms with Gasteiger partial charge in [-0.15, -0.1) is 0 Å². The van der Waals surface area contributed by atoms with E-state index in [1.54, 1.807) is 29.2 Å². The Hall–Kier alpha value is -2.66. The summed E-state index contributed by atoms with van der Waals surface area (Å²) >= 11 is 0. The lowest BCUT2D eigenvalue weighted by atomic mass is 10.1. The Bertz CT molecular complexity index is 765. The molecule has 0 fully saturated rings. The average Bonchev–Trinajstić information content (AvgIpc) is 2.69. The maximum atomic E-state index is 12.3. The molecule has 150 valence electrons. The van der Waals surface area contributed by atoms with E-state index in [0.29, 0.717) is 37.4 Å². The number of likely N-dealkylation sites (N-methyl/N-ethyl adjacent to an activating group) is 1. The van der Waals surface area contributed by atoms with E-state index in [4.69, 9.17) is 0 Å². The number of hydrogen-bond acceptors (Lipinski definition) is 3. The predicted octanol–water partition coefficient (Wildman–Crippen LogP) is 3.80. The summed E-state index contributed by atoms with van der Waals surface area (Å²) < 4.78 is 0. The van der Waals surface area contributed by atoms with Gasteiger partial charge in [0.1, 0.15) is 0 Å². The summed E-state index contributed by atoms with van der Waals surface area (Å²) in [7, 11) is 1.93. The molecule has 0 bridgehead atoms. The third kappa shape index (κ3) is 6.20. The summed E-state index contributed by atoms with van der Waals surface area (Å²) in [6.07, 6.45) is 1.03. The highest BCUT2D eigenvalue weighted by Crippen LogP contribution is 2.12. The molecule has 0 heterocycles. The van der Waals surface area contributed by atoms with Crippen LogP contribution in [0, 0.1) is 0 Å².